The molecule has 1 aromatic heterocycles. The van der Waals surface area contributed by atoms with Crippen molar-refractivity contribution in [2.45, 2.75) is 25.7 Å². The third-order valence-electron chi connectivity index (χ3n) is 2.11. The molecule has 0 bridgehead atoms. The second-order valence-corrected chi connectivity index (χ2v) is 3.41. The third-order valence-corrected chi connectivity index (χ3v) is 2.11. The summed E-state index contributed by atoms with van der Waals surface area (Å²) in [5, 5.41) is 17.1. The van der Waals surface area contributed by atoms with Crippen molar-refractivity contribution in [3.8, 4) is 0 Å². The zero-order chi connectivity index (χ0) is 12.0. The van der Waals surface area contributed by atoms with Crippen molar-refractivity contribution in [3.05, 3.63) is 27.9 Å². The smallest absolute Gasteiger partial charge is 0.303 e. The summed E-state index contributed by atoms with van der Waals surface area (Å²) in [6.07, 6.45) is 2.54. The van der Waals surface area contributed by atoms with E-state index >= 15 is 0 Å². The van der Waals surface area contributed by atoms with Gasteiger partial charge in [-0.15, -0.1) is 0 Å². The fraction of sp³-hybridized carbons (Fsp3) is 0.500. The summed E-state index contributed by atoms with van der Waals surface area (Å²) in [5.41, 5.74) is 0.0688. The Bertz CT molecular complexity index is 414. The van der Waals surface area contributed by atoms with Crippen molar-refractivity contribution < 1.29 is 15.0 Å². The van der Waals surface area contributed by atoms with E-state index in [4.69, 9.17) is 10.2 Å². The van der Waals surface area contributed by atoms with Gasteiger partial charge in [0.25, 0.3) is 5.56 Å². The van der Waals surface area contributed by atoms with Crippen LogP contribution in [0.5, 0.6) is 0 Å². The van der Waals surface area contributed by atoms with Gasteiger partial charge in [-0.1, -0.05) is 0 Å². The number of rotatable bonds is 6. The molecule has 3 N–H and O–H groups in total. The minimum atomic E-state index is -0.941. The number of carbonyl (C=O) groups is 1. The van der Waals surface area contributed by atoms with Gasteiger partial charge in [0, 0.05) is 31.2 Å². The molecule has 0 aliphatic carbocycles. The molecule has 0 amide bonds. The second-order valence-electron chi connectivity index (χ2n) is 3.41. The van der Waals surface area contributed by atoms with Gasteiger partial charge in [0.1, 0.15) is 5.82 Å². The number of hydrogen-bond acceptors (Lipinski definition) is 4. The fourth-order valence-electron chi connectivity index (χ4n) is 1.25. The van der Waals surface area contributed by atoms with Crippen LogP contribution in [0.1, 0.15) is 24.2 Å². The zero-order valence-corrected chi connectivity index (χ0v) is 8.77. The Labute approximate surface area is 92.0 Å². The second kappa shape index (κ2) is 6.02. The quantitative estimate of drug-likeness (QED) is 0.618. The average molecular weight is 226 g/mol. The summed E-state index contributed by atoms with van der Waals surface area (Å²) in [4.78, 5) is 28.4. The number of aromatic amines is 1. The first-order valence-corrected chi connectivity index (χ1v) is 5.03. The Morgan fingerprint density at radius 1 is 1.44 bits per heavy atom. The number of carboxylic acid groups (broad SMARTS) is 1. The van der Waals surface area contributed by atoms with Gasteiger partial charge in [-0.25, -0.2) is 4.98 Å². The number of aliphatic hydroxyl groups excluding tert-OH is 1. The summed E-state index contributed by atoms with van der Waals surface area (Å²) in [6, 6.07) is 0. The Hall–Kier alpha value is -1.69. The maximum absolute atomic E-state index is 11.5. The van der Waals surface area contributed by atoms with Gasteiger partial charge >= 0.3 is 5.97 Å². The molecule has 0 atom stereocenters. The number of aryl methyl sites for hydroxylation is 2. The molecule has 1 heterocycles. The van der Waals surface area contributed by atoms with Crippen molar-refractivity contribution in [3.63, 3.8) is 0 Å². The molecule has 6 heteroatoms. The Balaban J connectivity index is 2.67. The molecule has 0 fully saturated rings. The molecule has 0 radical (unpaired) electrons. The first-order chi connectivity index (χ1) is 7.63. The van der Waals surface area contributed by atoms with E-state index in [-0.39, 0.29) is 25.0 Å². The van der Waals surface area contributed by atoms with Crippen LogP contribution in [0.4, 0.5) is 0 Å². The minimum Gasteiger partial charge on any atom is -0.481 e. The third kappa shape index (κ3) is 3.82. The summed E-state index contributed by atoms with van der Waals surface area (Å²) >= 11 is 0. The van der Waals surface area contributed by atoms with Crippen molar-refractivity contribution in [2.75, 3.05) is 6.61 Å². The van der Waals surface area contributed by atoms with Gasteiger partial charge in [0.05, 0.1) is 0 Å². The Morgan fingerprint density at radius 3 is 2.75 bits per heavy atom. The molecule has 88 valence electrons. The predicted octanol–water partition coefficient (Wildman–Crippen LogP) is -0.288. The lowest BCUT2D eigenvalue weighted by Crippen LogP contribution is -2.17. The van der Waals surface area contributed by atoms with Crippen LogP contribution in [0.3, 0.4) is 0 Å². The molecule has 6 nitrogen and oxygen atoms in total. The molecule has 0 unspecified atom stereocenters. The topological polar surface area (TPSA) is 103 Å². The largest absolute Gasteiger partial charge is 0.481 e. The monoisotopic (exact) mass is 226 g/mol. The summed E-state index contributed by atoms with van der Waals surface area (Å²) in [7, 11) is 0. The van der Waals surface area contributed by atoms with Gasteiger partial charge in [-0.3, -0.25) is 9.59 Å². The lowest BCUT2D eigenvalue weighted by molar-refractivity contribution is -0.136. The zero-order valence-electron chi connectivity index (χ0n) is 8.77. The van der Waals surface area contributed by atoms with Crippen LogP contribution < -0.4 is 5.56 Å². The van der Waals surface area contributed by atoms with Gasteiger partial charge in [0.2, 0.25) is 0 Å². The number of nitrogens with one attached hydrogen (secondary N) is 1. The molecule has 1 aromatic rings. The summed E-state index contributed by atoms with van der Waals surface area (Å²) < 4.78 is 0. The number of hydrogen-bond donors (Lipinski definition) is 3. The minimum absolute atomic E-state index is 0.0461. The maximum Gasteiger partial charge on any atom is 0.303 e. The van der Waals surface area contributed by atoms with Crippen molar-refractivity contribution in [1.82, 2.24) is 9.97 Å². The van der Waals surface area contributed by atoms with Crippen LogP contribution in [0.2, 0.25) is 0 Å². The van der Waals surface area contributed by atoms with E-state index in [0.717, 1.165) is 0 Å². The molecular formula is C10H14N2O4. The van der Waals surface area contributed by atoms with E-state index in [1.807, 2.05) is 0 Å². The Kier molecular flexibility index (Phi) is 4.65. The number of carboxylic acids is 1. The van der Waals surface area contributed by atoms with Crippen LogP contribution >= 0.6 is 0 Å². The highest BCUT2D eigenvalue weighted by atomic mass is 16.4. The highest BCUT2D eigenvalue weighted by molar-refractivity contribution is 5.67. The fourth-order valence-corrected chi connectivity index (χ4v) is 1.25. The van der Waals surface area contributed by atoms with E-state index in [9.17, 15) is 9.59 Å². The molecule has 1 rings (SSSR count). The molecule has 0 spiro atoms. The number of aliphatic hydroxyl groups is 1. The lowest BCUT2D eigenvalue weighted by atomic mass is 10.2. The maximum atomic E-state index is 11.5. The molecule has 0 saturated carbocycles. The average Bonchev–Trinajstić information content (AvgIpc) is 2.24. The molecular weight excluding hydrogens is 212 g/mol. The first kappa shape index (κ1) is 12.4. The SMILES string of the molecule is O=C(O)CCc1cnc(CCCO)[nH]c1=O. The lowest BCUT2D eigenvalue weighted by Gasteiger charge is -2.01. The highest BCUT2D eigenvalue weighted by Gasteiger charge is 2.05. The van der Waals surface area contributed by atoms with E-state index in [0.29, 0.717) is 24.2 Å². The summed E-state index contributed by atoms with van der Waals surface area (Å²) in [6.45, 7) is 0.0461. The Morgan fingerprint density at radius 2 is 2.19 bits per heavy atom. The van der Waals surface area contributed by atoms with E-state index in [1.54, 1.807) is 0 Å². The predicted molar refractivity (Wildman–Crippen MR) is 56.2 cm³/mol. The highest BCUT2D eigenvalue weighted by Crippen LogP contribution is 1.97. The van der Waals surface area contributed by atoms with E-state index in [2.05, 4.69) is 9.97 Å². The van der Waals surface area contributed by atoms with Crippen LogP contribution in [-0.4, -0.2) is 32.8 Å². The number of aromatic nitrogens is 2. The molecule has 0 aliphatic heterocycles. The van der Waals surface area contributed by atoms with Crippen molar-refractivity contribution in [2.24, 2.45) is 0 Å². The van der Waals surface area contributed by atoms with E-state index in [1.165, 1.54) is 6.20 Å². The number of H-pyrrole nitrogens is 1. The first-order valence-electron chi connectivity index (χ1n) is 5.03. The van der Waals surface area contributed by atoms with Gasteiger partial charge in [0.15, 0.2) is 0 Å². The van der Waals surface area contributed by atoms with Crippen LogP contribution in [0.15, 0.2) is 11.0 Å². The van der Waals surface area contributed by atoms with Crippen molar-refractivity contribution >= 4 is 5.97 Å². The van der Waals surface area contributed by atoms with Crippen LogP contribution in [0.25, 0.3) is 0 Å². The van der Waals surface area contributed by atoms with Gasteiger partial charge < -0.3 is 15.2 Å². The van der Waals surface area contributed by atoms with E-state index < -0.39 is 5.97 Å². The van der Waals surface area contributed by atoms with Gasteiger partial charge in [-0.05, 0) is 12.8 Å². The summed E-state index contributed by atoms with van der Waals surface area (Å²) in [5.74, 6) is -0.429. The van der Waals surface area contributed by atoms with Gasteiger partial charge in [-0.2, -0.15) is 0 Å². The normalized spacial score (nSPS) is 10.3. The van der Waals surface area contributed by atoms with Crippen LogP contribution in [-0.2, 0) is 17.6 Å². The molecule has 16 heavy (non-hydrogen) atoms. The number of nitrogens with zero attached hydrogens (tertiary/aromatic N) is 1. The van der Waals surface area contributed by atoms with Crippen molar-refractivity contribution in [1.29, 1.82) is 0 Å². The standard InChI is InChI=1S/C10H14N2O4/c13-5-1-2-8-11-6-7(10(16)12-8)3-4-9(14)15/h6,13H,1-5H2,(H,14,15)(H,11,12,16). The molecule has 0 saturated heterocycles. The van der Waals surface area contributed by atoms with Crippen LogP contribution in [0, 0.1) is 0 Å². The molecule has 0 aliphatic rings. The molecule has 0 aromatic carbocycles. The number of aliphatic carboxylic acids is 1.